The SMILES string of the molecule is Cl.O=C(c1cccc(S(=O)(=O)N2CCCC2)c1)N1CCN(Cc2ccccc2)CC1. The van der Waals surface area contributed by atoms with Crippen LogP contribution >= 0.6 is 12.4 Å². The van der Waals surface area contributed by atoms with Crippen LogP contribution in [-0.2, 0) is 16.6 Å². The van der Waals surface area contributed by atoms with Crippen molar-refractivity contribution in [3.63, 3.8) is 0 Å². The molecule has 0 bridgehead atoms. The molecule has 2 saturated heterocycles. The summed E-state index contributed by atoms with van der Waals surface area (Å²) >= 11 is 0. The third kappa shape index (κ3) is 5.03. The van der Waals surface area contributed by atoms with Crippen LogP contribution in [0.5, 0.6) is 0 Å². The number of benzene rings is 2. The second-order valence-corrected chi connectivity index (χ2v) is 9.63. The molecule has 6 nitrogen and oxygen atoms in total. The molecule has 4 rings (SSSR count). The van der Waals surface area contributed by atoms with E-state index in [1.54, 1.807) is 18.2 Å². The van der Waals surface area contributed by atoms with E-state index in [1.165, 1.54) is 15.9 Å². The van der Waals surface area contributed by atoms with Crippen LogP contribution in [0.25, 0.3) is 0 Å². The Labute approximate surface area is 184 Å². The van der Waals surface area contributed by atoms with E-state index in [0.29, 0.717) is 31.7 Å². The van der Waals surface area contributed by atoms with Crippen molar-refractivity contribution in [3.8, 4) is 0 Å². The first-order chi connectivity index (χ1) is 14.0. The second kappa shape index (κ2) is 9.92. The Morgan fingerprint density at radius 3 is 2.17 bits per heavy atom. The third-order valence-electron chi connectivity index (χ3n) is 5.69. The molecule has 30 heavy (non-hydrogen) atoms. The average Bonchev–Trinajstić information content (AvgIpc) is 3.31. The monoisotopic (exact) mass is 449 g/mol. The maximum absolute atomic E-state index is 13.0. The molecule has 0 saturated carbocycles. The van der Waals surface area contributed by atoms with Gasteiger partial charge in [-0.3, -0.25) is 9.69 Å². The molecule has 0 N–H and O–H groups in total. The number of rotatable bonds is 5. The van der Waals surface area contributed by atoms with Gasteiger partial charge in [-0.2, -0.15) is 4.31 Å². The van der Waals surface area contributed by atoms with E-state index >= 15 is 0 Å². The Bertz CT molecular complexity index is 955. The molecule has 2 fully saturated rings. The first-order valence-electron chi connectivity index (χ1n) is 10.2. The van der Waals surface area contributed by atoms with Crippen molar-refractivity contribution in [2.24, 2.45) is 0 Å². The first kappa shape index (κ1) is 22.7. The molecule has 0 aliphatic carbocycles. The molecule has 2 aliphatic rings. The van der Waals surface area contributed by atoms with E-state index in [-0.39, 0.29) is 23.2 Å². The van der Waals surface area contributed by atoms with E-state index < -0.39 is 10.0 Å². The van der Waals surface area contributed by atoms with Crippen LogP contribution in [0, 0.1) is 0 Å². The number of nitrogens with zero attached hydrogens (tertiary/aromatic N) is 3. The molecule has 2 aromatic rings. The molecule has 0 aromatic heterocycles. The summed E-state index contributed by atoms with van der Waals surface area (Å²) in [5.41, 5.74) is 1.72. The minimum absolute atomic E-state index is 0. The van der Waals surface area contributed by atoms with Gasteiger partial charge in [0.15, 0.2) is 0 Å². The lowest BCUT2D eigenvalue weighted by molar-refractivity contribution is 0.0628. The van der Waals surface area contributed by atoms with Gasteiger partial charge in [0.05, 0.1) is 4.90 Å². The highest BCUT2D eigenvalue weighted by molar-refractivity contribution is 7.89. The zero-order valence-corrected chi connectivity index (χ0v) is 18.6. The van der Waals surface area contributed by atoms with Gasteiger partial charge in [0.25, 0.3) is 5.91 Å². The lowest BCUT2D eigenvalue weighted by atomic mass is 10.1. The van der Waals surface area contributed by atoms with Crippen LogP contribution in [0.1, 0.15) is 28.8 Å². The highest BCUT2D eigenvalue weighted by atomic mass is 35.5. The number of hydrogen-bond acceptors (Lipinski definition) is 4. The minimum Gasteiger partial charge on any atom is -0.336 e. The number of sulfonamides is 1. The maximum atomic E-state index is 13.0. The van der Waals surface area contributed by atoms with E-state index in [2.05, 4.69) is 17.0 Å². The van der Waals surface area contributed by atoms with E-state index in [0.717, 1.165) is 32.5 Å². The quantitative estimate of drug-likeness (QED) is 0.704. The van der Waals surface area contributed by atoms with Crippen molar-refractivity contribution in [1.29, 1.82) is 0 Å². The Morgan fingerprint density at radius 2 is 1.50 bits per heavy atom. The summed E-state index contributed by atoms with van der Waals surface area (Å²) in [6.45, 7) is 4.92. The third-order valence-corrected chi connectivity index (χ3v) is 7.59. The second-order valence-electron chi connectivity index (χ2n) is 7.69. The standard InChI is InChI=1S/C22H27N3O3S.ClH/c26-22(24-15-13-23(14-16-24)18-19-7-2-1-3-8-19)20-9-6-10-21(17-20)29(27,28)25-11-4-5-12-25;/h1-3,6-10,17H,4-5,11-16,18H2;1H. The first-order valence-corrected chi connectivity index (χ1v) is 11.6. The molecule has 0 spiro atoms. The topological polar surface area (TPSA) is 60.9 Å². The summed E-state index contributed by atoms with van der Waals surface area (Å²) < 4.78 is 27.1. The number of hydrogen-bond donors (Lipinski definition) is 0. The molecular formula is C22H28ClN3O3S. The Morgan fingerprint density at radius 1 is 0.833 bits per heavy atom. The molecule has 0 unspecified atom stereocenters. The van der Waals surface area contributed by atoms with E-state index in [9.17, 15) is 13.2 Å². The molecule has 0 atom stereocenters. The van der Waals surface area contributed by atoms with Gasteiger partial charge < -0.3 is 4.90 Å². The Kier molecular flexibility index (Phi) is 7.52. The molecule has 2 heterocycles. The van der Waals surface area contributed by atoms with Gasteiger partial charge in [0.1, 0.15) is 0 Å². The van der Waals surface area contributed by atoms with Crippen LogP contribution < -0.4 is 0 Å². The van der Waals surface area contributed by atoms with Crippen LogP contribution in [0.4, 0.5) is 0 Å². The summed E-state index contributed by atoms with van der Waals surface area (Å²) in [6, 6.07) is 16.8. The van der Waals surface area contributed by atoms with E-state index in [1.807, 2.05) is 23.1 Å². The van der Waals surface area contributed by atoms with Gasteiger partial charge in [-0.25, -0.2) is 8.42 Å². The zero-order valence-electron chi connectivity index (χ0n) is 16.9. The minimum atomic E-state index is -3.51. The highest BCUT2D eigenvalue weighted by Crippen LogP contribution is 2.22. The molecular weight excluding hydrogens is 422 g/mol. The van der Waals surface area contributed by atoms with Crippen molar-refractivity contribution in [3.05, 3.63) is 65.7 Å². The van der Waals surface area contributed by atoms with Crippen molar-refractivity contribution in [1.82, 2.24) is 14.1 Å². The molecule has 2 aliphatic heterocycles. The summed E-state index contributed by atoms with van der Waals surface area (Å²) in [6.07, 6.45) is 1.79. The number of carbonyl (C=O) groups excluding carboxylic acids is 1. The van der Waals surface area contributed by atoms with Crippen molar-refractivity contribution >= 4 is 28.3 Å². The van der Waals surface area contributed by atoms with Crippen LogP contribution in [0.2, 0.25) is 0 Å². The van der Waals surface area contributed by atoms with Crippen LogP contribution in [-0.4, -0.2) is 67.7 Å². The number of halogens is 1. The lowest BCUT2D eigenvalue weighted by Crippen LogP contribution is -2.48. The number of carbonyl (C=O) groups is 1. The summed E-state index contributed by atoms with van der Waals surface area (Å²) in [5, 5.41) is 0. The largest absolute Gasteiger partial charge is 0.336 e. The van der Waals surface area contributed by atoms with Crippen LogP contribution in [0.3, 0.4) is 0 Å². The smallest absolute Gasteiger partial charge is 0.253 e. The average molecular weight is 450 g/mol. The van der Waals surface area contributed by atoms with Gasteiger partial charge in [-0.05, 0) is 36.6 Å². The summed E-state index contributed by atoms with van der Waals surface area (Å²) in [5.74, 6) is -0.0946. The van der Waals surface area contributed by atoms with Crippen molar-refractivity contribution in [2.45, 2.75) is 24.3 Å². The Balaban J connectivity index is 0.00000256. The lowest BCUT2D eigenvalue weighted by Gasteiger charge is -2.34. The fourth-order valence-corrected chi connectivity index (χ4v) is 5.56. The van der Waals surface area contributed by atoms with Gasteiger partial charge in [0.2, 0.25) is 10.0 Å². The predicted octanol–water partition coefficient (Wildman–Crippen LogP) is 2.85. The summed E-state index contributed by atoms with van der Waals surface area (Å²) in [7, 11) is -3.51. The molecule has 8 heteroatoms. The molecule has 2 aromatic carbocycles. The van der Waals surface area contributed by atoms with Gasteiger partial charge in [-0.1, -0.05) is 36.4 Å². The summed E-state index contributed by atoms with van der Waals surface area (Å²) in [4.78, 5) is 17.3. The molecule has 162 valence electrons. The van der Waals surface area contributed by atoms with Gasteiger partial charge in [-0.15, -0.1) is 12.4 Å². The van der Waals surface area contributed by atoms with Gasteiger partial charge in [0, 0.05) is 51.4 Å². The molecule has 0 radical (unpaired) electrons. The van der Waals surface area contributed by atoms with Crippen LogP contribution in [0.15, 0.2) is 59.5 Å². The zero-order chi connectivity index (χ0) is 20.3. The molecule has 1 amide bonds. The highest BCUT2D eigenvalue weighted by Gasteiger charge is 2.28. The van der Waals surface area contributed by atoms with Crippen molar-refractivity contribution < 1.29 is 13.2 Å². The van der Waals surface area contributed by atoms with E-state index in [4.69, 9.17) is 0 Å². The van der Waals surface area contributed by atoms with Gasteiger partial charge >= 0.3 is 0 Å². The number of amides is 1. The normalized spacial score (nSPS) is 18.2. The fourth-order valence-electron chi connectivity index (χ4n) is 4.00. The number of piperazine rings is 1. The van der Waals surface area contributed by atoms with Crippen molar-refractivity contribution in [2.75, 3.05) is 39.3 Å². The predicted molar refractivity (Wildman–Crippen MR) is 119 cm³/mol. The maximum Gasteiger partial charge on any atom is 0.253 e. The Hall–Kier alpha value is -1.93. The fraction of sp³-hybridized carbons (Fsp3) is 0.409.